The second-order valence-corrected chi connectivity index (χ2v) is 6.41. The topological polar surface area (TPSA) is 24.1 Å². The molecule has 0 heterocycles. The molecule has 0 saturated carbocycles. The SMILES string of the molecule is CC[C@H](NC(=S)Nc1cccc(C(F)(F)F)c1)c1ccc(C)cc1C. The van der Waals surface area contributed by atoms with E-state index in [0.29, 0.717) is 10.8 Å². The number of halogens is 3. The maximum absolute atomic E-state index is 12.8. The molecule has 0 saturated heterocycles. The molecule has 0 radical (unpaired) electrons. The summed E-state index contributed by atoms with van der Waals surface area (Å²) in [4.78, 5) is 0. The number of alkyl halides is 3. The van der Waals surface area contributed by atoms with Crippen LogP contribution in [0.1, 0.15) is 41.6 Å². The van der Waals surface area contributed by atoms with E-state index in [1.54, 1.807) is 6.07 Å². The van der Waals surface area contributed by atoms with E-state index in [4.69, 9.17) is 12.2 Å². The van der Waals surface area contributed by atoms with Crippen molar-refractivity contribution in [3.05, 3.63) is 64.7 Å². The minimum atomic E-state index is -4.38. The van der Waals surface area contributed by atoms with E-state index in [-0.39, 0.29) is 6.04 Å². The van der Waals surface area contributed by atoms with E-state index in [1.165, 1.54) is 11.6 Å². The van der Waals surface area contributed by atoms with Crippen LogP contribution in [0.25, 0.3) is 0 Å². The van der Waals surface area contributed by atoms with Crippen molar-refractivity contribution in [1.29, 1.82) is 0 Å². The molecule has 0 aliphatic rings. The second-order valence-electron chi connectivity index (χ2n) is 6.00. The number of nitrogens with one attached hydrogen (secondary N) is 2. The summed E-state index contributed by atoms with van der Waals surface area (Å²) >= 11 is 5.28. The van der Waals surface area contributed by atoms with Gasteiger partial charge in [0.1, 0.15) is 0 Å². The van der Waals surface area contributed by atoms with Crippen molar-refractivity contribution in [3.8, 4) is 0 Å². The maximum atomic E-state index is 12.8. The van der Waals surface area contributed by atoms with Crippen molar-refractivity contribution in [2.75, 3.05) is 5.32 Å². The van der Waals surface area contributed by atoms with E-state index in [1.807, 2.05) is 26.8 Å². The third-order valence-electron chi connectivity index (χ3n) is 3.96. The van der Waals surface area contributed by atoms with Gasteiger partial charge >= 0.3 is 6.18 Å². The van der Waals surface area contributed by atoms with Crippen LogP contribution in [0.15, 0.2) is 42.5 Å². The molecule has 2 nitrogen and oxygen atoms in total. The first-order chi connectivity index (χ1) is 11.7. The summed E-state index contributed by atoms with van der Waals surface area (Å²) in [6.07, 6.45) is -3.58. The minimum Gasteiger partial charge on any atom is -0.356 e. The zero-order chi connectivity index (χ0) is 18.6. The first kappa shape index (κ1) is 19.2. The van der Waals surface area contributed by atoms with Gasteiger partial charge in [-0.05, 0) is 61.8 Å². The van der Waals surface area contributed by atoms with Crippen LogP contribution in [-0.2, 0) is 6.18 Å². The van der Waals surface area contributed by atoms with E-state index in [9.17, 15) is 13.2 Å². The number of anilines is 1. The van der Waals surface area contributed by atoms with Crippen LogP contribution < -0.4 is 10.6 Å². The van der Waals surface area contributed by atoms with Gasteiger partial charge in [-0.1, -0.05) is 36.8 Å². The first-order valence-corrected chi connectivity index (χ1v) is 8.43. The van der Waals surface area contributed by atoms with Crippen LogP contribution >= 0.6 is 12.2 Å². The van der Waals surface area contributed by atoms with Crippen molar-refractivity contribution < 1.29 is 13.2 Å². The van der Waals surface area contributed by atoms with Crippen molar-refractivity contribution in [2.24, 2.45) is 0 Å². The summed E-state index contributed by atoms with van der Waals surface area (Å²) < 4.78 is 38.4. The Hall–Kier alpha value is -2.08. The molecule has 0 bridgehead atoms. The number of hydrogen-bond donors (Lipinski definition) is 2. The van der Waals surface area contributed by atoms with Crippen molar-refractivity contribution in [3.63, 3.8) is 0 Å². The first-order valence-electron chi connectivity index (χ1n) is 8.02. The molecule has 2 aromatic rings. The van der Waals surface area contributed by atoms with Crippen LogP contribution in [0.2, 0.25) is 0 Å². The molecule has 134 valence electrons. The molecular weight excluding hydrogens is 345 g/mol. The standard InChI is InChI=1S/C19H21F3N2S/c1-4-17(16-9-8-12(2)10-13(16)3)24-18(25)23-15-7-5-6-14(11-15)19(20,21)22/h5-11,17H,4H2,1-3H3,(H2,23,24,25)/t17-/m0/s1. The van der Waals surface area contributed by atoms with Gasteiger partial charge in [-0.3, -0.25) is 0 Å². The summed E-state index contributed by atoms with van der Waals surface area (Å²) in [6, 6.07) is 11.2. The lowest BCUT2D eigenvalue weighted by molar-refractivity contribution is -0.137. The Bertz CT molecular complexity index is 757. The molecule has 1 atom stereocenters. The quantitative estimate of drug-likeness (QED) is 0.673. The molecule has 2 rings (SSSR count). The minimum absolute atomic E-state index is 0.00796. The Balaban J connectivity index is 2.10. The van der Waals surface area contributed by atoms with Crippen LogP contribution in [0.5, 0.6) is 0 Å². The zero-order valence-electron chi connectivity index (χ0n) is 14.4. The van der Waals surface area contributed by atoms with Gasteiger partial charge in [0.05, 0.1) is 11.6 Å². The van der Waals surface area contributed by atoms with E-state index in [2.05, 4.69) is 22.8 Å². The molecule has 0 aromatic heterocycles. The third kappa shape index (κ3) is 5.19. The second kappa shape index (κ2) is 7.87. The fraction of sp³-hybridized carbons (Fsp3) is 0.316. The lowest BCUT2D eigenvalue weighted by Gasteiger charge is -2.22. The van der Waals surface area contributed by atoms with Gasteiger partial charge in [0, 0.05) is 5.69 Å². The zero-order valence-corrected chi connectivity index (χ0v) is 15.2. The Morgan fingerprint density at radius 2 is 1.84 bits per heavy atom. The van der Waals surface area contributed by atoms with Crippen molar-refractivity contribution in [2.45, 2.75) is 39.4 Å². The fourth-order valence-electron chi connectivity index (χ4n) is 2.72. The Labute approximate surface area is 151 Å². The number of benzene rings is 2. The molecule has 2 aromatic carbocycles. The third-order valence-corrected chi connectivity index (χ3v) is 4.18. The maximum Gasteiger partial charge on any atom is 0.416 e. The molecule has 0 fully saturated rings. The molecule has 0 aliphatic heterocycles. The number of hydrogen-bond acceptors (Lipinski definition) is 1. The lowest BCUT2D eigenvalue weighted by atomic mass is 9.98. The molecule has 0 unspecified atom stereocenters. The molecule has 0 spiro atoms. The number of rotatable bonds is 4. The summed E-state index contributed by atoms with van der Waals surface area (Å²) in [5, 5.41) is 6.33. The fourth-order valence-corrected chi connectivity index (χ4v) is 2.98. The highest BCUT2D eigenvalue weighted by molar-refractivity contribution is 7.80. The summed E-state index contributed by atoms with van der Waals surface area (Å²) in [6.45, 7) is 6.10. The Morgan fingerprint density at radius 1 is 1.12 bits per heavy atom. The van der Waals surface area contributed by atoms with Gasteiger partial charge in [0.25, 0.3) is 0 Å². The van der Waals surface area contributed by atoms with E-state index in [0.717, 1.165) is 29.7 Å². The van der Waals surface area contributed by atoms with Crippen molar-refractivity contribution in [1.82, 2.24) is 5.32 Å². The van der Waals surface area contributed by atoms with Gasteiger partial charge in [-0.2, -0.15) is 13.2 Å². The van der Waals surface area contributed by atoms with Crippen LogP contribution in [0, 0.1) is 13.8 Å². The molecule has 0 amide bonds. The van der Waals surface area contributed by atoms with Gasteiger partial charge in [-0.25, -0.2) is 0 Å². The number of aryl methyl sites for hydroxylation is 2. The smallest absolute Gasteiger partial charge is 0.356 e. The van der Waals surface area contributed by atoms with Gasteiger partial charge in [0.2, 0.25) is 0 Å². The van der Waals surface area contributed by atoms with Crippen LogP contribution in [-0.4, -0.2) is 5.11 Å². The van der Waals surface area contributed by atoms with Crippen LogP contribution in [0.4, 0.5) is 18.9 Å². The monoisotopic (exact) mass is 366 g/mol. The number of thiocarbonyl (C=S) groups is 1. The lowest BCUT2D eigenvalue weighted by Crippen LogP contribution is -2.32. The highest BCUT2D eigenvalue weighted by atomic mass is 32.1. The Morgan fingerprint density at radius 3 is 2.44 bits per heavy atom. The van der Waals surface area contributed by atoms with Crippen LogP contribution in [0.3, 0.4) is 0 Å². The predicted molar refractivity (Wildman–Crippen MR) is 99.7 cm³/mol. The highest BCUT2D eigenvalue weighted by Gasteiger charge is 2.30. The van der Waals surface area contributed by atoms with Gasteiger partial charge in [-0.15, -0.1) is 0 Å². The van der Waals surface area contributed by atoms with Gasteiger partial charge < -0.3 is 10.6 Å². The summed E-state index contributed by atoms with van der Waals surface area (Å²) in [7, 11) is 0. The average molecular weight is 366 g/mol. The molecular formula is C19H21F3N2S. The Kier molecular flexibility index (Phi) is 6.06. The van der Waals surface area contributed by atoms with E-state index < -0.39 is 11.7 Å². The van der Waals surface area contributed by atoms with E-state index >= 15 is 0 Å². The normalized spacial score (nSPS) is 12.6. The van der Waals surface area contributed by atoms with Gasteiger partial charge in [0.15, 0.2) is 5.11 Å². The summed E-state index contributed by atoms with van der Waals surface area (Å²) in [5.74, 6) is 0. The average Bonchev–Trinajstić information content (AvgIpc) is 2.52. The molecule has 0 aliphatic carbocycles. The summed E-state index contributed by atoms with van der Waals surface area (Å²) in [5.41, 5.74) is 3.06. The highest BCUT2D eigenvalue weighted by Crippen LogP contribution is 2.30. The molecule has 2 N–H and O–H groups in total. The van der Waals surface area contributed by atoms with Crippen molar-refractivity contribution >= 4 is 23.0 Å². The molecule has 6 heteroatoms. The predicted octanol–water partition coefficient (Wildman–Crippen LogP) is 5.76. The largest absolute Gasteiger partial charge is 0.416 e. The molecule has 25 heavy (non-hydrogen) atoms.